The number of carbonyl (C=O) groups excluding carboxylic acids is 3. The molecule has 4 rings (SSSR count). The van der Waals surface area contributed by atoms with Crippen molar-refractivity contribution < 1.29 is 38.2 Å². The number of fused-ring (bicyclic) bond motifs is 1. The first-order valence-electron chi connectivity index (χ1n) is 11.2. The molecule has 196 valence electrons. The lowest BCUT2D eigenvalue weighted by atomic mass is 10.1. The Morgan fingerprint density at radius 1 is 1.03 bits per heavy atom. The maximum Gasteiger partial charge on any atom is 0.303 e. The molecular formula is C23H24ClN5O8. The summed E-state index contributed by atoms with van der Waals surface area (Å²) in [5.74, 6) is -1.61. The Labute approximate surface area is 215 Å². The first-order valence-corrected chi connectivity index (χ1v) is 11.6. The molecule has 0 radical (unpaired) electrons. The van der Waals surface area contributed by atoms with Crippen molar-refractivity contribution in [2.45, 2.75) is 51.9 Å². The third-order valence-corrected chi connectivity index (χ3v) is 5.43. The predicted molar refractivity (Wildman–Crippen MR) is 127 cm³/mol. The molecule has 1 fully saturated rings. The van der Waals surface area contributed by atoms with Gasteiger partial charge >= 0.3 is 17.9 Å². The van der Waals surface area contributed by atoms with Crippen LogP contribution in [-0.2, 0) is 44.8 Å². The minimum Gasteiger partial charge on any atom is -0.463 e. The van der Waals surface area contributed by atoms with E-state index in [0.29, 0.717) is 5.39 Å². The molecule has 2 aromatic heterocycles. The van der Waals surface area contributed by atoms with Crippen molar-refractivity contribution in [3.8, 4) is 0 Å². The van der Waals surface area contributed by atoms with Crippen molar-refractivity contribution in [1.29, 1.82) is 0 Å². The lowest BCUT2D eigenvalue weighted by molar-refractivity contribution is -0.166. The zero-order valence-corrected chi connectivity index (χ0v) is 20.9. The van der Waals surface area contributed by atoms with Crippen LogP contribution in [0.4, 0.5) is 5.82 Å². The van der Waals surface area contributed by atoms with E-state index in [-0.39, 0.29) is 30.0 Å². The minimum absolute atomic E-state index is 0.116. The highest BCUT2D eigenvalue weighted by Crippen LogP contribution is 2.36. The van der Waals surface area contributed by atoms with Gasteiger partial charge in [-0.25, -0.2) is 10.2 Å². The molecule has 0 unspecified atom stereocenters. The standard InChI is InChI=1S/C23H24ClN5O8/c1-12(30)33-11-17-18(35-13(2)31)19(36-14(3)32)22(37-17)29-21-16(9-25-29)20(26-23(24)27-21)28-34-10-15-7-5-4-6-8-15/h4-9,17-19,22H,10-11H2,1-3H3,(H,26,27,28)/t17-,18-,19-,22-/m1/s1. The lowest BCUT2D eigenvalue weighted by Gasteiger charge is -2.23. The maximum absolute atomic E-state index is 11.9. The summed E-state index contributed by atoms with van der Waals surface area (Å²) in [7, 11) is 0. The number of aromatic nitrogens is 4. The van der Waals surface area contributed by atoms with E-state index in [1.54, 1.807) is 0 Å². The van der Waals surface area contributed by atoms with E-state index >= 15 is 0 Å². The smallest absolute Gasteiger partial charge is 0.303 e. The van der Waals surface area contributed by atoms with Gasteiger partial charge in [-0.3, -0.25) is 19.2 Å². The Hall–Kier alpha value is -3.81. The number of carbonyl (C=O) groups is 3. The molecule has 13 nitrogen and oxygen atoms in total. The Kier molecular flexibility index (Phi) is 8.16. The van der Waals surface area contributed by atoms with Gasteiger partial charge in [-0.15, -0.1) is 0 Å². The first kappa shape index (κ1) is 26.3. The van der Waals surface area contributed by atoms with Gasteiger partial charge in [-0.1, -0.05) is 30.3 Å². The van der Waals surface area contributed by atoms with Gasteiger partial charge in [0.15, 0.2) is 29.9 Å². The van der Waals surface area contributed by atoms with E-state index in [1.165, 1.54) is 31.6 Å². The summed E-state index contributed by atoms with van der Waals surface area (Å²) in [4.78, 5) is 49.1. The van der Waals surface area contributed by atoms with Crippen LogP contribution in [0.3, 0.4) is 0 Å². The van der Waals surface area contributed by atoms with E-state index in [4.69, 9.17) is 35.4 Å². The Balaban J connectivity index is 1.65. The van der Waals surface area contributed by atoms with Gasteiger partial charge in [-0.05, 0) is 17.2 Å². The van der Waals surface area contributed by atoms with Crippen molar-refractivity contribution >= 4 is 46.4 Å². The van der Waals surface area contributed by atoms with Crippen LogP contribution in [0.2, 0.25) is 5.28 Å². The second kappa shape index (κ2) is 11.5. The molecule has 0 bridgehead atoms. The van der Waals surface area contributed by atoms with Crippen LogP contribution in [0.1, 0.15) is 32.6 Å². The molecule has 0 aliphatic carbocycles. The maximum atomic E-state index is 11.9. The second-order valence-corrected chi connectivity index (χ2v) is 8.40. The zero-order chi connectivity index (χ0) is 26.5. The van der Waals surface area contributed by atoms with Crippen molar-refractivity contribution in [3.63, 3.8) is 0 Å². The molecular weight excluding hydrogens is 510 g/mol. The number of ether oxygens (including phenoxy) is 4. The van der Waals surface area contributed by atoms with Crippen LogP contribution in [0.5, 0.6) is 0 Å². The van der Waals surface area contributed by atoms with Gasteiger partial charge in [0.2, 0.25) is 5.28 Å². The molecule has 1 saturated heterocycles. The first-order chi connectivity index (χ1) is 17.7. The van der Waals surface area contributed by atoms with Crippen molar-refractivity contribution in [2.75, 3.05) is 12.1 Å². The van der Waals surface area contributed by atoms with Crippen molar-refractivity contribution in [3.05, 3.63) is 47.4 Å². The minimum atomic E-state index is -1.13. The van der Waals surface area contributed by atoms with E-state index in [2.05, 4.69) is 20.5 Å². The highest BCUT2D eigenvalue weighted by molar-refractivity contribution is 6.28. The third-order valence-electron chi connectivity index (χ3n) is 5.26. The number of hydrogen-bond donors (Lipinski definition) is 1. The molecule has 3 heterocycles. The number of rotatable bonds is 9. The van der Waals surface area contributed by atoms with Crippen LogP contribution < -0.4 is 5.48 Å². The highest BCUT2D eigenvalue weighted by atomic mass is 35.5. The Morgan fingerprint density at radius 3 is 2.41 bits per heavy atom. The normalized spacial score (nSPS) is 21.0. The van der Waals surface area contributed by atoms with Gasteiger partial charge in [0.1, 0.15) is 12.7 Å². The average molecular weight is 534 g/mol. The molecule has 14 heteroatoms. The Morgan fingerprint density at radius 2 is 1.73 bits per heavy atom. The number of esters is 3. The van der Waals surface area contributed by atoms with Gasteiger partial charge in [-0.2, -0.15) is 15.1 Å². The molecule has 1 aliphatic rings. The van der Waals surface area contributed by atoms with E-state index < -0.39 is 42.4 Å². The van der Waals surface area contributed by atoms with E-state index in [1.807, 2.05) is 30.3 Å². The fourth-order valence-electron chi connectivity index (χ4n) is 3.81. The molecule has 1 aromatic carbocycles. The van der Waals surface area contributed by atoms with E-state index in [9.17, 15) is 14.4 Å². The summed E-state index contributed by atoms with van der Waals surface area (Å²) in [6, 6.07) is 9.49. The van der Waals surface area contributed by atoms with Gasteiger partial charge in [0.05, 0.1) is 18.2 Å². The average Bonchev–Trinajstić information content (AvgIpc) is 3.39. The Bertz CT molecular complexity index is 1290. The topological polar surface area (TPSA) is 153 Å². The third kappa shape index (κ3) is 6.31. The van der Waals surface area contributed by atoms with Crippen LogP contribution >= 0.6 is 11.6 Å². The summed E-state index contributed by atoms with van der Waals surface area (Å²) in [6.45, 7) is 3.63. The predicted octanol–water partition coefficient (Wildman–Crippen LogP) is 2.35. The van der Waals surface area contributed by atoms with Gasteiger partial charge < -0.3 is 18.9 Å². The summed E-state index contributed by atoms with van der Waals surface area (Å²) >= 11 is 6.17. The zero-order valence-electron chi connectivity index (χ0n) is 20.1. The highest BCUT2D eigenvalue weighted by Gasteiger charge is 2.51. The van der Waals surface area contributed by atoms with Gasteiger partial charge in [0.25, 0.3) is 0 Å². The number of halogens is 1. The number of benzene rings is 1. The number of anilines is 1. The van der Waals surface area contributed by atoms with E-state index in [0.717, 1.165) is 5.56 Å². The molecule has 1 aliphatic heterocycles. The number of hydrogen-bond acceptors (Lipinski definition) is 12. The van der Waals surface area contributed by atoms with Crippen LogP contribution in [-0.4, -0.2) is 62.6 Å². The molecule has 1 N–H and O–H groups in total. The van der Waals surface area contributed by atoms with Gasteiger partial charge in [0, 0.05) is 20.8 Å². The number of nitrogens with zero attached hydrogens (tertiary/aromatic N) is 4. The van der Waals surface area contributed by atoms with Crippen molar-refractivity contribution in [1.82, 2.24) is 19.7 Å². The molecule has 0 amide bonds. The number of nitrogens with one attached hydrogen (secondary N) is 1. The fourth-order valence-corrected chi connectivity index (χ4v) is 3.98. The molecule has 37 heavy (non-hydrogen) atoms. The quantitative estimate of drug-likeness (QED) is 0.186. The molecule has 4 atom stereocenters. The van der Waals surface area contributed by atoms with Crippen molar-refractivity contribution in [2.24, 2.45) is 0 Å². The summed E-state index contributed by atoms with van der Waals surface area (Å²) in [5.41, 5.74) is 3.92. The summed E-state index contributed by atoms with van der Waals surface area (Å²) in [5, 5.41) is 4.65. The molecule has 0 spiro atoms. The largest absolute Gasteiger partial charge is 0.463 e. The van der Waals surface area contributed by atoms with Crippen LogP contribution in [0.15, 0.2) is 36.5 Å². The second-order valence-electron chi connectivity index (χ2n) is 8.06. The molecule has 3 aromatic rings. The fraction of sp³-hybridized carbons (Fsp3) is 0.391. The molecule has 0 saturated carbocycles. The summed E-state index contributed by atoms with van der Waals surface area (Å²) < 4.78 is 23.3. The summed E-state index contributed by atoms with van der Waals surface area (Å²) in [6.07, 6.45) is -2.83. The monoisotopic (exact) mass is 533 g/mol. The lowest BCUT2D eigenvalue weighted by Crippen LogP contribution is -2.40. The van der Waals surface area contributed by atoms with Crippen LogP contribution in [0, 0.1) is 0 Å². The van der Waals surface area contributed by atoms with Crippen LogP contribution in [0.25, 0.3) is 11.0 Å². The SMILES string of the molecule is CC(=O)OC[C@H]1O[C@@H](n2ncc3c(NOCc4ccccc4)nc(Cl)nc32)[C@H](OC(C)=O)[C@@H]1OC(C)=O.